The van der Waals surface area contributed by atoms with Gasteiger partial charge in [-0.25, -0.2) is 4.79 Å². The number of imide groups is 1. The lowest BCUT2D eigenvalue weighted by molar-refractivity contribution is -0.130. The molecule has 1 fully saturated rings. The lowest BCUT2D eigenvalue weighted by Crippen LogP contribution is -2.38. The van der Waals surface area contributed by atoms with Gasteiger partial charge >= 0.3 is 6.03 Å². The Bertz CT molecular complexity index is 1090. The van der Waals surface area contributed by atoms with E-state index >= 15 is 0 Å². The van der Waals surface area contributed by atoms with E-state index in [1.54, 1.807) is 0 Å². The van der Waals surface area contributed by atoms with Crippen LogP contribution in [0.25, 0.3) is 10.9 Å². The summed E-state index contributed by atoms with van der Waals surface area (Å²) in [4.78, 5) is 41.6. The molecule has 1 unspecified atom stereocenters. The van der Waals surface area contributed by atoms with Crippen LogP contribution in [-0.4, -0.2) is 40.3 Å². The number of hydrogen-bond donors (Lipinski definition) is 3. The fraction of sp³-hybridized carbons (Fsp3) is 0.227. The number of urea groups is 1. The molecule has 1 aliphatic heterocycles. The molecule has 7 heteroatoms. The first-order chi connectivity index (χ1) is 14.1. The molecule has 0 saturated carbocycles. The highest BCUT2D eigenvalue weighted by molar-refractivity contribution is 6.08. The summed E-state index contributed by atoms with van der Waals surface area (Å²) < 4.78 is 0. The van der Waals surface area contributed by atoms with E-state index in [-0.39, 0.29) is 12.5 Å². The van der Waals surface area contributed by atoms with Gasteiger partial charge in [-0.3, -0.25) is 14.5 Å². The number of aromatic nitrogens is 1. The maximum Gasteiger partial charge on any atom is 0.325 e. The van der Waals surface area contributed by atoms with Crippen LogP contribution in [-0.2, 0) is 22.4 Å². The predicted octanol–water partition coefficient (Wildman–Crippen LogP) is 2.83. The Labute approximate surface area is 168 Å². The maximum absolute atomic E-state index is 12.7. The summed E-state index contributed by atoms with van der Waals surface area (Å²) in [5.74, 6) is -0.790. The molecule has 0 bridgehead atoms. The smallest absolute Gasteiger partial charge is 0.325 e. The number of carbonyl (C=O) groups excluding carboxylic acids is 3. The molecule has 148 valence electrons. The number of carbonyl (C=O) groups is 3. The molecule has 0 aliphatic carbocycles. The minimum absolute atomic E-state index is 0.312. The van der Waals surface area contributed by atoms with Crippen LogP contribution >= 0.6 is 0 Å². The third kappa shape index (κ3) is 3.71. The molecule has 1 aromatic heterocycles. The first-order valence-electron chi connectivity index (χ1n) is 9.61. The van der Waals surface area contributed by atoms with E-state index in [1.807, 2.05) is 61.7 Å². The molecular formula is C22H22N4O3. The van der Waals surface area contributed by atoms with Gasteiger partial charge in [0.25, 0.3) is 5.91 Å². The molecule has 1 aliphatic rings. The zero-order valence-electron chi connectivity index (χ0n) is 16.1. The number of amides is 4. The highest BCUT2D eigenvalue weighted by Crippen LogP contribution is 2.21. The summed E-state index contributed by atoms with van der Waals surface area (Å²) in [6, 6.07) is 14.0. The van der Waals surface area contributed by atoms with E-state index in [0.29, 0.717) is 12.1 Å². The highest BCUT2D eigenvalue weighted by atomic mass is 16.2. The number of nitrogens with one attached hydrogen (secondary N) is 3. The first-order valence-corrected chi connectivity index (χ1v) is 9.61. The van der Waals surface area contributed by atoms with Gasteiger partial charge in [0.05, 0.1) is 0 Å². The highest BCUT2D eigenvalue weighted by Gasteiger charge is 2.39. The number of anilines is 1. The van der Waals surface area contributed by atoms with E-state index < -0.39 is 18.0 Å². The molecule has 4 rings (SSSR count). The van der Waals surface area contributed by atoms with Crippen LogP contribution in [0.15, 0.2) is 54.7 Å². The molecule has 2 heterocycles. The average Bonchev–Trinajstić information content (AvgIpc) is 3.25. The van der Waals surface area contributed by atoms with Gasteiger partial charge in [0.2, 0.25) is 5.91 Å². The number of rotatable bonds is 6. The maximum atomic E-state index is 12.7. The van der Waals surface area contributed by atoms with Crippen molar-refractivity contribution in [1.29, 1.82) is 0 Å². The number of benzene rings is 2. The van der Waals surface area contributed by atoms with Crippen LogP contribution in [0.5, 0.6) is 0 Å². The van der Waals surface area contributed by atoms with Crippen molar-refractivity contribution < 1.29 is 14.4 Å². The molecule has 3 aromatic rings. The predicted molar refractivity (Wildman–Crippen MR) is 110 cm³/mol. The number of para-hydroxylation sites is 2. The lowest BCUT2D eigenvalue weighted by atomic mass is 10.1. The van der Waals surface area contributed by atoms with E-state index in [4.69, 9.17) is 0 Å². The monoisotopic (exact) mass is 390 g/mol. The van der Waals surface area contributed by atoms with Crippen molar-refractivity contribution in [2.45, 2.75) is 25.8 Å². The number of aromatic amines is 1. The second-order valence-electron chi connectivity index (χ2n) is 7.05. The SMILES string of the molecule is CCc1ccccc1NC(=O)CN1C(=O)NC(Cc2c[nH]c3ccccc23)C1=O. The van der Waals surface area contributed by atoms with Crippen LogP contribution < -0.4 is 10.6 Å². The number of H-pyrrole nitrogens is 1. The van der Waals surface area contributed by atoms with Crippen molar-refractivity contribution in [3.8, 4) is 0 Å². The summed E-state index contributed by atoms with van der Waals surface area (Å²) in [7, 11) is 0. The summed E-state index contributed by atoms with van der Waals surface area (Å²) in [5.41, 5.74) is 3.62. The Balaban J connectivity index is 1.43. The Hall–Kier alpha value is -3.61. The molecule has 4 amide bonds. The van der Waals surface area contributed by atoms with Gasteiger partial charge in [0, 0.05) is 29.2 Å². The number of nitrogens with zero attached hydrogens (tertiary/aromatic N) is 1. The summed E-state index contributed by atoms with van der Waals surface area (Å²) in [5, 5.41) is 6.50. The lowest BCUT2D eigenvalue weighted by Gasteiger charge is -2.14. The summed E-state index contributed by atoms with van der Waals surface area (Å²) >= 11 is 0. The van der Waals surface area contributed by atoms with Gasteiger partial charge in [0.15, 0.2) is 0 Å². The van der Waals surface area contributed by atoms with Crippen LogP contribution in [0.1, 0.15) is 18.1 Å². The van der Waals surface area contributed by atoms with Gasteiger partial charge in [-0.2, -0.15) is 0 Å². The van der Waals surface area contributed by atoms with E-state index in [9.17, 15) is 14.4 Å². The van der Waals surface area contributed by atoms with E-state index in [1.165, 1.54) is 0 Å². The Morgan fingerprint density at radius 1 is 1.07 bits per heavy atom. The van der Waals surface area contributed by atoms with Crippen molar-refractivity contribution in [2.24, 2.45) is 0 Å². The van der Waals surface area contributed by atoms with Gasteiger partial charge in [-0.15, -0.1) is 0 Å². The van der Waals surface area contributed by atoms with Crippen LogP contribution in [0.2, 0.25) is 0 Å². The fourth-order valence-electron chi connectivity index (χ4n) is 3.67. The zero-order valence-corrected chi connectivity index (χ0v) is 16.1. The minimum Gasteiger partial charge on any atom is -0.361 e. The van der Waals surface area contributed by atoms with Gasteiger partial charge in [-0.05, 0) is 29.7 Å². The van der Waals surface area contributed by atoms with Crippen molar-refractivity contribution in [3.05, 3.63) is 65.9 Å². The van der Waals surface area contributed by atoms with Crippen LogP contribution in [0.4, 0.5) is 10.5 Å². The summed E-state index contributed by atoms with van der Waals surface area (Å²) in [6.07, 6.45) is 2.98. The number of fused-ring (bicyclic) bond motifs is 1. The molecule has 0 radical (unpaired) electrons. The molecule has 7 nitrogen and oxygen atoms in total. The molecular weight excluding hydrogens is 368 g/mol. The van der Waals surface area contributed by atoms with Crippen LogP contribution in [0, 0.1) is 0 Å². The summed E-state index contributed by atoms with van der Waals surface area (Å²) in [6.45, 7) is 1.69. The van der Waals surface area contributed by atoms with Crippen molar-refractivity contribution in [2.75, 3.05) is 11.9 Å². The van der Waals surface area contributed by atoms with Gasteiger partial charge in [0.1, 0.15) is 12.6 Å². The first kappa shape index (κ1) is 18.7. The van der Waals surface area contributed by atoms with Crippen molar-refractivity contribution in [3.63, 3.8) is 0 Å². The van der Waals surface area contributed by atoms with Crippen LogP contribution in [0.3, 0.4) is 0 Å². The number of aryl methyl sites for hydroxylation is 1. The van der Waals surface area contributed by atoms with E-state index in [2.05, 4.69) is 15.6 Å². The average molecular weight is 390 g/mol. The normalized spacial score (nSPS) is 16.3. The molecule has 1 atom stereocenters. The molecule has 1 saturated heterocycles. The Morgan fingerprint density at radius 3 is 2.66 bits per heavy atom. The second kappa shape index (κ2) is 7.79. The molecule has 2 aromatic carbocycles. The quantitative estimate of drug-likeness (QED) is 0.565. The van der Waals surface area contributed by atoms with Gasteiger partial charge < -0.3 is 15.6 Å². The van der Waals surface area contributed by atoms with Crippen molar-refractivity contribution >= 4 is 34.4 Å². The second-order valence-corrected chi connectivity index (χ2v) is 7.05. The largest absolute Gasteiger partial charge is 0.361 e. The Kier molecular flexibility index (Phi) is 5.03. The third-order valence-corrected chi connectivity index (χ3v) is 5.18. The van der Waals surface area contributed by atoms with E-state index in [0.717, 1.165) is 33.4 Å². The Morgan fingerprint density at radius 2 is 1.83 bits per heavy atom. The van der Waals surface area contributed by atoms with Crippen molar-refractivity contribution in [1.82, 2.24) is 15.2 Å². The zero-order chi connectivity index (χ0) is 20.4. The molecule has 0 spiro atoms. The third-order valence-electron chi connectivity index (χ3n) is 5.18. The molecule has 29 heavy (non-hydrogen) atoms. The van der Waals surface area contributed by atoms with Gasteiger partial charge in [-0.1, -0.05) is 43.3 Å². The number of hydrogen-bond acceptors (Lipinski definition) is 3. The molecule has 3 N–H and O–H groups in total. The topological polar surface area (TPSA) is 94.3 Å². The minimum atomic E-state index is -0.683. The fourth-order valence-corrected chi connectivity index (χ4v) is 3.67. The standard InChI is InChI=1S/C22H22N4O3/c1-2-14-7-3-5-9-17(14)24-20(27)13-26-21(28)19(25-22(26)29)11-15-12-23-18-10-6-4-8-16(15)18/h3-10,12,19,23H,2,11,13H2,1H3,(H,24,27)(H,25,29).